The Morgan fingerprint density at radius 3 is 2.13 bits per heavy atom. The number of likely N-dealkylation sites (N-methyl/N-ethyl adjacent to an activating group) is 1. The summed E-state index contributed by atoms with van der Waals surface area (Å²) in [7, 11) is -3.80. The van der Waals surface area contributed by atoms with Gasteiger partial charge < -0.3 is 10.2 Å². The molecule has 0 fully saturated rings. The lowest BCUT2D eigenvalue weighted by Gasteiger charge is -2.33. The fraction of sp³-hybridized carbons (Fsp3) is 0.333. The number of sulfonamides is 1. The van der Waals surface area contributed by atoms with Crippen LogP contribution in [0.5, 0.6) is 0 Å². The van der Waals surface area contributed by atoms with Crippen molar-refractivity contribution in [3.05, 3.63) is 100 Å². The summed E-state index contributed by atoms with van der Waals surface area (Å²) in [4.78, 5) is 28.9. The number of nitrogens with zero attached hydrogens (tertiary/aromatic N) is 2. The predicted octanol–water partition coefficient (Wildman–Crippen LogP) is 5.11. The van der Waals surface area contributed by atoms with Gasteiger partial charge in [-0.05, 0) is 53.8 Å². The number of halogens is 1. The van der Waals surface area contributed by atoms with Gasteiger partial charge in [-0.3, -0.25) is 13.9 Å². The fourth-order valence-electron chi connectivity index (χ4n) is 4.32. The Labute approximate surface area is 240 Å². The van der Waals surface area contributed by atoms with Crippen molar-refractivity contribution in [2.45, 2.75) is 45.7 Å². The van der Waals surface area contributed by atoms with Crippen LogP contribution in [0.25, 0.3) is 0 Å². The van der Waals surface area contributed by atoms with Gasteiger partial charge in [0.25, 0.3) is 0 Å². The van der Waals surface area contributed by atoms with Crippen LogP contribution in [0, 0.1) is 0 Å². The van der Waals surface area contributed by atoms with Crippen molar-refractivity contribution in [1.82, 2.24) is 10.2 Å². The van der Waals surface area contributed by atoms with Crippen LogP contribution in [0.2, 0.25) is 0 Å². The lowest BCUT2D eigenvalue weighted by molar-refractivity contribution is -0.140. The first-order valence-corrected chi connectivity index (χ1v) is 15.6. The highest BCUT2D eigenvalue weighted by molar-refractivity contribution is 9.10. The lowest BCUT2D eigenvalue weighted by Crippen LogP contribution is -2.53. The summed E-state index contributed by atoms with van der Waals surface area (Å²) in [5.74, 6) is -0.485. The molecule has 2 amide bonds. The van der Waals surface area contributed by atoms with Gasteiger partial charge in [0.15, 0.2) is 0 Å². The van der Waals surface area contributed by atoms with E-state index in [1.807, 2.05) is 73.7 Å². The molecule has 39 heavy (non-hydrogen) atoms. The number of anilines is 1. The van der Waals surface area contributed by atoms with E-state index in [0.717, 1.165) is 31.7 Å². The van der Waals surface area contributed by atoms with Gasteiger partial charge in [-0.1, -0.05) is 84.4 Å². The van der Waals surface area contributed by atoms with Crippen molar-refractivity contribution in [3.63, 3.8) is 0 Å². The first kappa shape index (κ1) is 30.4. The molecule has 208 valence electrons. The molecular weight excluding hydrogens is 578 g/mol. The van der Waals surface area contributed by atoms with Crippen LogP contribution in [0.15, 0.2) is 83.3 Å². The fourth-order valence-corrected chi connectivity index (χ4v) is 5.61. The monoisotopic (exact) mass is 613 g/mol. The van der Waals surface area contributed by atoms with Gasteiger partial charge in [0.1, 0.15) is 12.6 Å². The van der Waals surface area contributed by atoms with Gasteiger partial charge in [0.05, 0.1) is 11.9 Å². The Hall–Kier alpha value is -3.17. The molecule has 3 aromatic carbocycles. The summed E-state index contributed by atoms with van der Waals surface area (Å²) in [5.41, 5.74) is 3.17. The second-order valence-electron chi connectivity index (χ2n) is 9.77. The largest absolute Gasteiger partial charge is 0.355 e. The average Bonchev–Trinajstić information content (AvgIpc) is 2.89. The van der Waals surface area contributed by atoms with Gasteiger partial charge in [0, 0.05) is 24.0 Å². The Balaban J connectivity index is 2.03. The van der Waals surface area contributed by atoms with Gasteiger partial charge in [0.2, 0.25) is 21.8 Å². The molecule has 0 spiro atoms. The van der Waals surface area contributed by atoms with E-state index in [4.69, 9.17) is 0 Å². The summed E-state index contributed by atoms with van der Waals surface area (Å²) < 4.78 is 27.7. The Kier molecular flexibility index (Phi) is 10.7. The zero-order valence-electron chi connectivity index (χ0n) is 22.8. The first-order chi connectivity index (χ1) is 18.5. The molecule has 1 unspecified atom stereocenters. The summed E-state index contributed by atoms with van der Waals surface area (Å²) in [6.45, 7) is 6.04. The third kappa shape index (κ3) is 8.66. The van der Waals surface area contributed by atoms with Crippen LogP contribution in [-0.4, -0.2) is 50.5 Å². The molecule has 0 saturated heterocycles. The molecule has 1 N–H and O–H groups in total. The van der Waals surface area contributed by atoms with Crippen molar-refractivity contribution in [2.75, 3.05) is 23.7 Å². The van der Waals surface area contributed by atoms with Crippen molar-refractivity contribution in [3.8, 4) is 0 Å². The molecule has 0 aromatic heterocycles. The van der Waals surface area contributed by atoms with E-state index in [2.05, 4.69) is 35.1 Å². The summed E-state index contributed by atoms with van der Waals surface area (Å²) in [5, 5.41) is 2.86. The zero-order valence-corrected chi connectivity index (χ0v) is 25.2. The third-order valence-electron chi connectivity index (χ3n) is 6.39. The van der Waals surface area contributed by atoms with E-state index in [1.54, 1.807) is 12.1 Å². The summed E-state index contributed by atoms with van der Waals surface area (Å²) in [6.07, 6.45) is 1.37. The van der Waals surface area contributed by atoms with E-state index in [0.29, 0.717) is 12.2 Å². The molecule has 9 heteroatoms. The van der Waals surface area contributed by atoms with E-state index in [1.165, 1.54) is 4.90 Å². The predicted molar refractivity (Wildman–Crippen MR) is 160 cm³/mol. The normalized spacial score (nSPS) is 12.2. The Bertz CT molecular complexity index is 1360. The highest BCUT2D eigenvalue weighted by atomic mass is 79.9. The molecule has 0 aliphatic heterocycles. The minimum atomic E-state index is -3.80. The molecule has 1 atom stereocenters. The molecule has 7 nitrogen and oxygen atoms in total. The lowest BCUT2D eigenvalue weighted by atomic mass is 10.0. The van der Waals surface area contributed by atoms with Crippen LogP contribution < -0.4 is 9.62 Å². The number of rotatable bonds is 12. The molecule has 0 saturated carbocycles. The number of amides is 2. The standard InChI is InChI=1S/C30H36BrN3O4S/c1-5-32-30(36)28(19-23-10-7-6-8-11-23)33(20-24-12-9-13-26(31)18-24)29(35)21-34(39(4,37)38)27-16-14-25(15-17-27)22(2)3/h6-18,22,28H,5,19-21H2,1-4H3,(H,32,36). The Morgan fingerprint density at radius 1 is 0.923 bits per heavy atom. The van der Waals surface area contributed by atoms with E-state index in [-0.39, 0.29) is 24.8 Å². The molecule has 0 bridgehead atoms. The van der Waals surface area contributed by atoms with E-state index < -0.39 is 28.5 Å². The smallest absolute Gasteiger partial charge is 0.244 e. The molecule has 0 heterocycles. The van der Waals surface area contributed by atoms with Crippen LogP contribution >= 0.6 is 15.9 Å². The first-order valence-electron chi connectivity index (χ1n) is 12.9. The Morgan fingerprint density at radius 2 is 1.56 bits per heavy atom. The highest BCUT2D eigenvalue weighted by Gasteiger charge is 2.32. The van der Waals surface area contributed by atoms with Crippen molar-refractivity contribution < 1.29 is 18.0 Å². The number of carbonyl (C=O) groups excluding carboxylic acids is 2. The summed E-state index contributed by atoms with van der Waals surface area (Å²) >= 11 is 3.48. The molecular formula is C30H36BrN3O4S. The number of benzene rings is 3. The van der Waals surface area contributed by atoms with Crippen LogP contribution in [0.1, 0.15) is 43.4 Å². The minimum absolute atomic E-state index is 0.136. The maximum atomic E-state index is 14.0. The van der Waals surface area contributed by atoms with Gasteiger partial charge >= 0.3 is 0 Å². The SMILES string of the molecule is CCNC(=O)C(Cc1ccccc1)N(Cc1cccc(Br)c1)C(=O)CN(c1ccc(C(C)C)cc1)S(C)(=O)=O. The van der Waals surface area contributed by atoms with Crippen molar-refractivity contribution >= 4 is 43.5 Å². The number of carbonyl (C=O) groups is 2. The topological polar surface area (TPSA) is 86.8 Å². The zero-order chi connectivity index (χ0) is 28.6. The van der Waals surface area contributed by atoms with Gasteiger partial charge in [-0.2, -0.15) is 0 Å². The van der Waals surface area contributed by atoms with Gasteiger partial charge in [-0.15, -0.1) is 0 Å². The van der Waals surface area contributed by atoms with Gasteiger partial charge in [-0.25, -0.2) is 8.42 Å². The number of hydrogen-bond donors (Lipinski definition) is 1. The second kappa shape index (κ2) is 13.8. The quantitative estimate of drug-likeness (QED) is 0.307. The summed E-state index contributed by atoms with van der Waals surface area (Å²) in [6, 6.07) is 23.3. The highest BCUT2D eigenvalue weighted by Crippen LogP contribution is 2.24. The molecule has 0 radical (unpaired) electrons. The van der Waals surface area contributed by atoms with Crippen molar-refractivity contribution in [2.24, 2.45) is 0 Å². The number of hydrogen-bond acceptors (Lipinski definition) is 4. The maximum Gasteiger partial charge on any atom is 0.244 e. The van der Waals surface area contributed by atoms with Crippen LogP contribution in [-0.2, 0) is 32.6 Å². The third-order valence-corrected chi connectivity index (χ3v) is 8.02. The van der Waals surface area contributed by atoms with Crippen LogP contribution in [0.4, 0.5) is 5.69 Å². The number of nitrogens with one attached hydrogen (secondary N) is 1. The molecule has 3 rings (SSSR count). The van der Waals surface area contributed by atoms with Crippen LogP contribution in [0.3, 0.4) is 0 Å². The molecule has 0 aliphatic carbocycles. The molecule has 0 aliphatic rings. The van der Waals surface area contributed by atoms with E-state index >= 15 is 0 Å². The van der Waals surface area contributed by atoms with E-state index in [9.17, 15) is 18.0 Å². The minimum Gasteiger partial charge on any atom is -0.355 e. The second-order valence-corrected chi connectivity index (χ2v) is 12.6. The molecule has 3 aromatic rings. The van der Waals surface area contributed by atoms with Crippen molar-refractivity contribution in [1.29, 1.82) is 0 Å². The average molecular weight is 615 g/mol. The maximum absolute atomic E-state index is 14.0.